The molecule has 0 radical (unpaired) electrons. The van der Waals surface area contributed by atoms with Crippen LogP contribution in [0.5, 0.6) is 0 Å². The molecule has 1 amide bonds. The van der Waals surface area contributed by atoms with E-state index in [1.54, 1.807) is 0 Å². The van der Waals surface area contributed by atoms with Crippen molar-refractivity contribution in [3.8, 4) is 0 Å². The maximum atomic E-state index is 13.3. The molecule has 0 heterocycles. The molecule has 0 aromatic rings. The molecule has 6 heteroatoms. The summed E-state index contributed by atoms with van der Waals surface area (Å²) in [6.07, 6.45) is 63.5. The van der Waals surface area contributed by atoms with Crippen molar-refractivity contribution < 1.29 is 24.5 Å². The number of hydrogen-bond acceptors (Lipinski definition) is 5. The van der Waals surface area contributed by atoms with Gasteiger partial charge in [-0.25, -0.2) is 0 Å². The Morgan fingerprint density at radius 2 is 0.831 bits per heavy atom. The second-order valence-corrected chi connectivity index (χ2v) is 19.7. The van der Waals surface area contributed by atoms with Crippen LogP contribution in [0, 0.1) is 0 Å². The maximum absolute atomic E-state index is 13.3. The molecule has 0 aromatic carbocycles. The summed E-state index contributed by atoms with van der Waals surface area (Å²) in [6.45, 7) is 6.41. The SMILES string of the molecule is CC/C=C/C/C=C/CCCCCCCCCC(=O)OC(CCCCC/C=C/CCCCCCCCCCC)CC(=O)NC(CO)C(O)CCCCCCCCCCCCCCCCCC. The summed E-state index contributed by atoms with van der Waals surface area (Å²) in [5.74, 6) is -0.485. The van der Waals surface area contributed by atoms with E-state index in [1.165, 1.54) is 180 Å². The number of rotatable bonds is 52. The average molecular weight is 915 g/mol. The van der Waals surface area contributed by atoms with Crippen LogP contribution in [0.15, 0.2) is 36.5 Å². The van der Waals surface area contributed by atoms with Crippen LogP contribution in [-0.4, -0.2) is 46.9 Å². The van der Waals surface area contributed by atoms with Gasteiger partial charge in [0.25, 0.3) is 0 Å². The molecule has 3 atom stereocenters. The molecule has 3 unspecified atom stereocenters. The van der Waals surface area contributed by atoms with Crippen molar-refractivity contribution in [2.24, 2.45) is 0 Å². The van der Waals surface area contributed by atoms with Gasteiger partial charge in [-0.1, -0.05) is 250 Å². The van der Waals surface area contributed by atoms with E-state index in [-0.39, 0.29) is 24.9 Å². The van der Waals surface area contributed by atoms with E-state index in [1.807, 2.05) is 0 Å². The van der Waals surface area contributed by atoms with E-state index >= 15 is 0 Å². The van der Waals surface area contributed by atoms with Crippen molar-refractivity contribution >= 4 is 11.9 Å². The minimum absolute atomic E-state index is 0.0667. The zero-order valence-corrected chi connectivity index (χ0v) is 43.6. The quantitative estimate of drug-likeness (QED) is 0.0321. The van der Waals surface area contributed by atoms with Crippen molar-refractivity contribution in [1.29, 1.82) is 0 Å². The number of ether oxygens (including phenoxy) is 1. The van der Waals surface area contributed by atoms with Gasteiger partial charge in [-0.2, -0.15) is 0 Å². The zero-order chi connectivity index (χ0) is 47.4. The number of aliphatic hydroxyl groups excluding tert-OH is 2. The first-order chi connectivity index (χ1) is 32.0. The molecular formula is C59H111NO5. The molecule has 0 saturated heterocycles. The molecule has 0 rings (SSSR count). The van der Waals surface area contributed by atoms with Crippen molar-refractivity contribution in [1.82, 2.24) is 5.32 Å². The number of carbonyl (C=O) groups is 2. The Morgan fingerprint density at radius 3 is 1.28 bits per heavy atom. The van der Waals surface area contributed by atoms with Crippen LogP contribution >= 0.6 is 0 Å². The molecule has 0 aromatic heterocycles. The molecule has 0 aliphatic heterocycles. The maximum Gasteiger partial charge on any atom is 0.306 e. The summed E-state index contributed by atoms with van der Waals surface area (Å²) in [5.41, 5.74) is 0. The Hall–Kier alpha value is -1.92. The number of unbranched alkanes of at least 4 members (excludes halogenated alkanes) is 34. The van der Waals surface area contributed by atoms with Crippen molar-refractivity contribution in [3.05, 3.63) is 36.5 Å². The van der Waals surface area contributed by atoms with Gasteiger partial charge in [-0.15, -0.1) is 0 Å². The molecule has 0 aliphatic carbocycles. The molecule has 65 heavy (non-hydrogen) atoms. The number of nitrogens with one attached hydrogen (secondary N) is 1. The minimum Gasteiger partial charge on any atom is -0.462 e. The van der Waals surface area contributed by atoms with E-state index in [0.717, 1.165) is 77.0 Å². The Morgan fingerprint density at radius 1 is 0.462 bits per heavy atom. The smallest absolute Gasteiger partial charge is 0.306 e. The molecule has 0 spiro atoms. The zero-order valence-electron chi connectivity index (χ0n) is 43.6. The molecule has 0 saturated carbocycles. The van der Waals surface area contributed by atoms with Crippen molar-refractivity contribution in [3.63, 3.8) is 0 Å². The number of aliphatic hydroxyl groups is 2. The van der Waals surface area contributed by atoms with Gasteiger partial charge in [-0.05, 0) is 77.0 Å². The van der Waals surface area contributed by atoms with E-state index < -0.39 is 18.2 Å². The van der Waals surface area contributed by atoms with Crippen LogP contribution in [-0.2, 0) is 14.3 Å². The number of hydrogen-bond donors (Lipinski definition) is 3. The Bertz CT molecular complexity index is 1070. The highest BCUT2D eigenvalue weighted by Crippen LogP contribution is 2.18. The van der Waals surface area contributed by atoms with Crippen LogP contribution in [0.2, 0.25) is 0 Å². The molecule has 0 fully saturated rings. The fraction of sp³-hybridized carbons (Fsp3) is 0.864. The summed E-state index contributed by atoms with van der Waals surface area (Å²) < 4.78 is 5.95. The van der Waals surface area contributed by atoms with E-state index in [4.69, 9.17) is 4.74 Å². The third-order valence-corrected chi connectivity index (χ3v) is 13.2. The summed E-state index contributed by atoms with van der Waals surface area (Å²) in [4.78, 5) is 26.2. The summed E-state index contributed by atoms with van der Waals surface area (Å²) in [7, 11) is 0. The van der Waals surface area contributed by atoms with Gasteiger partial charge in [0.15, 0.2) is 0 Å². The lowest BCUT2D eigenvalue weighted by Crippen LogP contribution is -2.46. The van der Waals surface area contributed by atoms with Gasteiger partial charge in [0.05, 0.1) is 25.2 Å². The highest BCUT2D eigenvalue weighted by Gasteiger charge is 2.24. The van der Waals surface area contributed by atoms with Gasteiger partial charge < -0.3 is 20.3 Å². The van der Waals surface area contributed by atoms with Crippen LogP contribution in [0.1, 0.15) is 303 Å². The first-order valence-electron chi connectivity index (χ1n) is 28.7. The van der Waals surface area contributed by atoms with E-state index in [2.05, 4.69) is 62.5 Å². The van der Waals surface area contributed by atoms with Gasteiger partial charge in [0, 0.05) is 6.42 Å². The Balaban J connectivity index is 4.55. The van der Waals surface area contributed by atoms with E-state index in [9.17, 15) is 19.8 Å². The van der Waals surface area contributed by atoms with E-state index in [0.29, 0.717) is 19.3 Å². The predicted molar refractivity (Wildman–Crippen MR) is 282 cm³/mol. The number of amides is 1. The second-order valence-electron chi connectivity index (χ2n) is 19.7. The molecule has 0 bridgehead atoms. The topological polar surface area (TPSA) is 95.9 Å². The first-order valence-corrected chi connectivity index (χ1v) is 28.7. The second kappa shape index (κ2) is 53.0. The van der Waals surface area contributed by atoms with Gasteiger partial charge in [0.2, 0.25) is 5.91 Å². The standard InChI is InChI=1S/C59H111NO5/c1-4-7-10-13-16-19-22-25-28-30-32-35-38-41-44-47-50-55(65-59(64)52-49-46-43-40-37-34-27-24-21-18-15-12-9-6-3)53-58(63)60-56(54-61)57(62)51-48-45-42-39-36-33-31-29-26-23-20-17-14-11-8-5-2/h9,12,18,21,32,35,55-57,61-62H,4-8,10-11,13-17,19-20,22-31,33-34,36-54H2,1-3H3,(H,60,63)/b12-9+,21-18+,35-32+. The van der Waals surface area contributed by atoms with Gasteiger partial charge >= 0.3 is 5.97 Å². The molecular weight excluding hydrogens is 803 g/mol. The molecule has 0 aliphatic rings. The summed E-state index contributed by atoms with van der Waals surface area (Å²) in [5, 5.41) is 23.9. The van der Waals surface area contributed by atoms with Crippen LogP contribution in [0.25, 0.3) is 0 Å². The predicted octanol–water partition coefficient (Wildman–Crippen LogP) is 17.6. The minimum atomic E-state index is -0.792. The lowest BCUT2D eigenvalue weighted by molar-refractivity contribution is -0.151. The summed E-state index contributed by atoms with van der Waals surface area (Å²) in [6, 6.07) is -0.707. The van der Waals surface area contributed by atoms with Crippen LogP contribution < -0.4 is 5.32 Å². The highest BCUT2D eigenvalue weighted by molar-refractivity contribution is 5.77. The lowest BCUT2D eigenvalue weighted by atomic mass is 10.0. The number of carbonyl (C=O) groups excluding carboxylic acids is 2. The Labute approximate surface area is 404 Å². The fourth-order valence-electron chi connectivity index (χ4n) is 8.88. The molecule has 3 N–H and O–H groups in total. The molecule has 6 nitrogen and oxygen atoms in total. The largest absolute Gasteiger partial charge is 0.462 e. The van der Waals surface area contributed by atoms with Crippen LogP contribution in [0.4, 0.5) is 0 Å². The average Bonchev–Trinajstić information content (AvgIpc) is 3.30. The first kappa shape index (κ1) is 63.1. The van der Waals surface area contributed by atoms with Crippen molar-refractivity contribution in [2.75, 3.05) is 6.61 Å². The highest BCUT2D eigenvalue weighted by atomic mass is 16.5. The number of esters is 1. The third kappa shape index (κ3) is 48.3. The molecule has 382 valence electrons. The normalized spacial score (nSPS) is 13.4. The third-order valence-electron chi connectivity index (χ3n) is 13.2. The number of allylic oxidation sites excluding steroid dienone is 6. The fourth-order valence-corrected chi connectivity index (χ4v) is 8.88. The monoisotopic (exact) mass is 914 g/mol. The van der Waals surface area contributed by atoms with Crippen LogP contribution in [0.3, 0.4) is 0 Å². The van der Waals surface area contributed by atoms with Gasteiger partial charge in [-0.3, -0.25) is 9.59 Å². The lowest BCUT2D eigenvalue weighted by Gasteiger charge is -2.24. The van der Waals surface area contributed by atoms with Gasteiger partial charge in [0.1, 0.15) is 6.10 Å². The summed E-state index contributed by atoms with van der Waals surface area (Å²) >= 11 is 0. The Kier molecular flexibility index (Phi) is 51.5. The van der Waals surface area contributed by atoms with Crippen molar-refractivity contribution in [2.45, 2.75) is 322 Å².